The molecular weight excluding hydrogens is 402 g/mol. The molecule has 2 saturated heterocycles. The largest absolute Gasteiger partial charge is 0.445 e. The van der Waals surface area contributed by atoms with Gasteiger partial charge in [-0.2, -0.15) is 0 Å². The summed E-state index contributed by atoms with van der Waals surface area (Å²) < 4.78 is 10.8. The second-order valence-corrected chi connectivity index (χ2v) is 7.89. The fourth-order valence-corrected chi connectivity index (χ4v) is 3.84. The minimum Gasteiger partial charge on any atom is -0.445 e. The van der Waals surface area contributed by atoms with Gasteiger partial charge in [-0.1, -0.05) is 30.3 Å². The number of rotatable bonds is 10. The Kier molecular flexibility index (Phi) is 8.40. The smallest absolute Gasteiger partial charge is 0.408 e. The molecule has 0 unspecified atom stereocenters. The highest BCUT2D eigenvalue weighted by Gasteiger charge is 2.31. The summed E-state index contributed by atoms with van der Waals surface area (Å²) in [5.74, 6) is -0.918. The Labute approximate surface area is 181 Å². The van der Waals surface area contributed by atoms with Gasteiger partial charge in [-0.3, -0.25) is 9.59 Å². The van der Waals surface area contributed by atoms with Crippen molar-refractivity contribution in [1.82, 2.24) is 16.0 Å². The Bertz CT molecular complexity index is 766. The highest BCUT2D eigenvalue weighted by atomic mass is 16.5. The number of ether oxygens (including phenoxy) is 2. The minimum atomic E-state index is -0.911. The van der Waals surface area contributed by atoms with Crippen LogP contribution in [0.5, 0.6) is 0 Å². The monoisotopic (exact) mass is 431 g/mol. The quantitative estimate of drug-likeness (QED) is 0.476. The first-order valence-electron chi connectivity index (χ1n) is 10.7. The van der Waals surface area contributed by atoms with Gasteiger partial charge in [-0.15, -0.1) is 0 Å². The summed E-state index contributed by atoms with van der Waals surface area (Å²) in [7, 11) is 0. The Morgan fingerprint density at radius 3 is 2.65 bits per heavy atom. The molecule has 9 heteroatoms. The fourth-order valence-electron chi connectivity index (χ4n) is 3.84. The molecule has 2 heterocycles. The van der Waals surface area contributed by atoms with E-state index in [4.69, 9.17) is 9.47 Å². The van der Waals surface area contributed by atoms with Gasteiger partial charge in [0.25, 0.3) is 0 Å². The summed E-state index contributed by atoms with van der Waals surface area (Å²) in [6.07, 6.45) is 2.58. The standard InChI is InChI=1S/C22H29N3O6/c26-13-17(11-16-8-9-23-20(16)27)24-21(28)19(12-18-7-4-10-30-18)25-22(29)31-14-15-5-2-1-3-6-15/h1-3,5-6,13,16-19H,4,7-12,14H2,(H,23,27)(H,24,28)(H,25,29)/t16-,17-,18-,19-/m0/s1. The van der Waals surface area contributed by atoms with Crippen LogP contribution in [0.4, 0.5) is 4.79 Å². The maximum absolute atomic E-state index is 12.9. The van der Waals surface area contributed by atoms with Crippen LogP contribution in [-0.4, -0.2) is 55.5 Å². The number of carbonyl (C=O) groups excluding carboxylic acids is 4. The van der Waals surface area contributed by atoms with Crippen molar-refractivity contribution in [3.8, 4) is 0 Å². The number of carbonyl (C=O) groups is 4. The highest BCUT2D eigenvalue weighted by Crippen LogP contribution is 2.18. The molecule has 4 atom stereocenters. The lowest BCUT2D eigenvalue weighted by Gasteiger charge is -2.23. The molecular formula is C22H29N3O6. The van der Waals surface area contributed by atoms with E-state index in [0.29, 0.717) is 25.9 Å². The summed E-state index contributed by atoms with van der Waals surface area (Å²) in [5, 5.41) is 7.97. The predicted octanol–water partition coefficient (Wildman–Crippen LogP) is 1.06. The van der Waals surface area contributed by atoms with Gasteiger partial charge in [0.2, 0.25) is 11.8 Å². The third-order valence-electron chi connectivity index (χ3n) is 5.54. The Hall–Kier alpha value is -2.94. The highest BCUT2D eigenvalue weighted by molar-refractivity contribution is 5.88. The van der Waals surface area contributed by atoms with Crippen LogP contribution >= 0.6 is 0 Å². The van der Waals surface area contributed by atoms with Gasteiger partial charge in [0.1, 0.15) is 18.9 Å². The molecule has 168 valence electrons. The van der Waals surface area contributed by atoms with Crippen LogP contribution in [0.3, 0.4) is 0 Å². The van der Waals surface area contributed by atoms with Crippen molar-refractivity contribution in [2.75, 3.05) is 13.2 Å². The van der Waals surface area contributed by atoms with Crippen molar-refractivity contribution in [3.05, 3.63) is 35.9 Å². The van der Waals surface area contributed by atoms with E-state index in [-0.39, 0.29) is 37.4 Å². The van der Waals surface area contributed by atoms with Crippen LogP contribution in [0.25, 0.3) is 0 Å². The SMILES string of the molecule is O=C[C@H](C[C@@H]1CCNC1=O)NC(=O)[C@H](C[C@@H]1CCCO1)NC(=O)OCc1ccccc1. The molecule has 2 fully saturated rings. The van der Waals surface area contributed by atoms with E-state index in [0.717, 1.165) is 18.4 Å². The van der Waals surface area contributed by atoms with Crippen LogP contribution in [0.2, 0.25) is 0 Å². The molecule has 31 heavy (non-hydrogen) atoms. The molecule has 3 amide bonds. The molecule has 0 aromatic heterocycles. The van der Waals surface area contributed by atoms with E-state index in [1.54, 1.807) is 0 Å². The number of hydrogen-bond donors (Lipinski definition) is 3. The Morgan fingerprint density at radius 2 is 2.00 bits per heavy atom. The van der Waals surface area contributed by atoms with Gasteiger partial charge in [0.05, 0.1) is 12.1 Å². The van der Waals surface area contributed by atoms with Gasteiger partial charge in [0.15, 0.2) is 0 Å². The number of amides is 3. The molecule has 0 saturated carbocycles. The van der Waals surface area contributed by atoms with E-state index in [9.17, 15) is 19.2 Å². The van der Waals surface area contributed by atoms with Crippen molar-refractivity contribution < 1.29 is 28.7 Å². The molecule has 2 aliphatic heterocycles. The van der Waals surface area contributed by atoms with E-state index in [1.165, 1.54) is 0 Å². The first-order chi connectivity index (χ1) is 15.0. The number of nitrogens with one attached hydrogen (secondary N) is 3. The summed E-state index contributed by atoms with van der Waals surface area (Å²) >= 11 is 0. The zero-order valence-corrected chi connectivity index (χ0v) is 17.4. The molecule has 3 rings (SSSR count). The first kappa shape index (κ1) is 22.7. The number of alkyl carbamates (subject to hydrolysis) is 1. The lowest BCUT2D eigenvalue weighted by atomic mass is 9.98. The third kappa shape index (κ3) is 7.06. The summed E-state index contributed by atoms with van der Waals surface area (Å²) in [5.41, 5.74) is 0.827. The van der Waals surface area contributed by atoms with Crippen molar-refractivity contribution in [2.24, 2.45) is 5.92 Å². The van der Waals surface area contributed by atoms with Crippen LogP contribution in [0.1, 0.15) is 37.7 Å². The second kappa shape index (κ2) is 11.5. The average molecular weight is 431 g/mol. The molecule has 0 aliphatic carbocycles. The third-order valence-corrected chi connectivity index (χ3v) is 5.54. The number of benzene rings is 1. The van der Waals surface area contributed by atoms with E-state index in [1.807, 2.05) is 30.3 Å². The topological polar surface area (TPSA) is 123 Å². The average Bonchev–Trinajstić information content (AvgIpc) is 3.44. The van der Waals surface area contributed by atoms with Gasteiger partial charge in [-0.05, 0) is 31.2 Å². The Balaban J connectivity index is 1.56. The first-order valence-corrected chi connectivity index (χ1v) is 10.7. The van der Waals surface area contributed by atoms with Crippen molar-refractivity contribution in [1.29, 1.82) is 0 Å². The molecule has 0 spiro atoms. The zero-order valence-electron chi connectivity index (χ0n) is 17.4. The molecule has 3 N–H and O–H groups in total. The molecule has 1 aromatic rings. The lowest BCUT2D eigenvalue weighted by Crippen LogP contribution is -2.51. The normalized spacial score (nSPS) is 22.3. The van der Waals surface area contributed by atoms with Crippen molar-refractivity contribution in [3.63, 3.8) is 0 Å². The summed E-state index contributed by atoms with van der Waals surface area (Å²) in [6.45, 7) is 1.26. The maximum atomic E-state index is 12.9. The van der Waals surface area contributed by atoms with Crippen molar-refractivity contribution in [2.45, 2.75) is 56.9 Å². The van der Waals surface area contributed by atoms with Crippen LogP contribution in [0, 0.1) is 5.92 Å². The fraction of sp³-hybridized carbons (Fsp3) is 0.545. The van der Waals surface area contributed by atoms with Gasteiger partial charge >= 0.3 is 6.09 Å². The second-order valence-electron chi connectivity index (χ2n) is 7.89. The number of hydrogen-bond acceptors (Lipinski definition) is 6. The lowest BCUT2D eigenvalue weighted by molar-refractivity contribution is -0.128. The van der Waals surface area contributed by atoms with Gasteiger partial charge in [-0.25, -0.2) is 4.79 Å². The zero-order chi connectivity index (χ0) is 22.1. The summed E-state index contributed by atoms with van der Waals surface area (Å²) in [4.78, 5) is 48.5. The maximum Gasteiger partial charge on any atom is 0.408 e. The molecule has 0 bridgehead atoms. The van der Waals surface area contributed by atoms with E-state index < -0.39 is 24.1 Å². The van der Waals surface area contributed by atoms with Crippen LogP contribution < -0.4 is 16.0 Å². The van der Waals surface area contributed by atoms with E-state index in [2.05, 4.69) is 16.0 Å². The molecule has 0 radical (unpaired) electrons. The van der Waals surface area contributed by atoms with Gasteiger partial charge < -0.3 is 30.2 Å². The molecule has 9 nitrogen and oxygen atoms in total. The van der Waals surface area contributed by atoms with Crippen LogP contribution in [-0.2, 0) is 30.5 Å². The van der Waals surface area contributed by atoms with Gasteiger partial charge in [0, 0.05) is 25.5 Å². The summed E-state index contributed by atoms with van der Waals surface area (Å²) in [6, 6.07) is 7.49. The molecule has 2 aliphatic rings. The number of aldehydes is 1. The minimum absolute atomic E-state index is 0.0781. The Morgan fingerprint density at radius 1 is 1.19 bits per heavy atom. The van der Waals surface area contributed by atoms with Crippen LogP contribution in [0.15, 0.2) is 30.3 Å². The predicted molar refractivity (Wildman–Crippen MR) is 111 cm³/mol. The van der Waals surface area contributed by atoms with E-state index >= 15 is 0 Å². The molecule has 1 aromatic carbocycles. The van der Waals surface area contributed by atoms with Crippen molar-refractivity contribution >= 4 is 24.2 Å².